The molecule has 142 valence electrons. The summed E-state index contributed by atoms with van der Waals surface area (Å²) in [6.45, 7) is 5.35. The lowest BCUT2D eigenvalue weighted by Crippen LogP contribution is -2.48. The van der Waals surface area contributed by atoms with Crippen LogP contribution in [-0.2, 0) is 9.59 Å². The van der Waals surface area contributed by atoms with Crippen molar-refractivity contribution < 1.29 is 9.59 Å². The number of carbonyl (C=O) groups is 2. The highest BCUT2D eigenvalue weighted by Gasteiger charge is 2.32. The predicted molar refractivity (Wildman–Crippen MR) is 110 cm³/mol. The molecule has 3 rings (SSSR count). The minimum atomic E-state index is -0.214. The van der Waals surface area contributed by atoms with Gasteiger partial charge in [-0.3, -0.25) is 14.5 Å². The first-order valence-corrected chi connectivity index (χ1v) is 10.8. The second-order valence-electron chi connectivity index (χ2n) is 7.13. The lowest BCUT2D eigenvalue weighted by atomic mass is 9.94. The Kier molecular flexibility index (Phi) is 6.75. The number of rotatable bonds is 4. The second-order valence-corrected chi connectivity index (χ2v) is 8.90. The molecule has 1 unspecified atom stereocenters. The molecule has 2 aliphatic heterocycles. The van der Waals surface area contributed by atoms with Gasteiger partial charge in [0.05, 0.1) is 11.7 Å². The van der Waals surface area contributed by atoms with Crippen LogP contribution < -0.4 is 5.32 Å². The average molecular weight is 487 g/mol. The van der Waals surface area contributed by atoms with Crippen LogP contribution in [0.5, 0.6) is 0 Å². The van der Waals surface area contributed by atoms with Crippen molar-refractivity contribution in [3.63, 3.8) is 0 Å². The van der Waals surface area contributed by atoms with Gasteiger partial charge in [0.1, 0.15) is 0 Å². The van der Waals surface area contributed by atoms with E-state index in [1.165, 1.54) is 0 Å². The van der Waals surface area contributed by atoms with Crippen molar-refractivity contribution in [2.75, 3.05) is 31.5 Å². The minimum Gasteiger partial charge on any atom is -0.342 e. The summed E-state index contributed by atoms with van der Waals surface area (Å²) in [4.78, 5) is 29.3. The van der Waals surface area contributed by atoms with Crippen molar-refractivity contribution in [2.24, 2.45) is 5.92 Å². The van der Waals surface area contributed by atoms with E-state index < -0.39 is 0 Å². The normalized spacial score (nSPS) is 20.2. The summed E-state index contributed by atoms with van der Waals surface area (Å²) in [6, 6.07) is 5.48. The number of nitrogens with one attached hydrogen (secondary N) is 1. The topological polar surface area (TPSA) is 52.7 Å². The Morgan fingerprint density at radius 1 is 1.12 bits per heavy atom. The molecule has 2 aliphatic rings. The molecular weight excluding hydrogens is 462 g/mol. The Morgan fingerprint density at radius 3 is 2.38 bits per heavy atom. The first-order chi connectivity index (χ1) is 12.5. The number of amides is 2. The van der Waals surface area contributed by atoms with Gasteiger partial charge in [-0.2, -0.15) is 0 Å². The molecule has 0 aromatic heterocycles. The third-order valence-electron chi connectivity index (χ3n) is 5.41. The first-order valence-electron chi connectivity index (χ1n) is 9.24. The molecule has 7 heteroatoms. The molecule has 0 saturated carbocycles. The predicted octanol–water partition coefficient (Wildman–Crippen LogP) is 3.87. The minimum absolute atomic E-state index is 0.0164. The largest absolute Gasteiger partial charge is 0.342 e. The van der Waals surface area contributed by atoms with Crippen LogP contribution in [0.15, 0.2) is 27.1 Å². The van der Waals surface area contributed by atoms with Gasteiger partial charge in [0, 0.05) is 28.0 Å². The van der Waals surface area contributed by atoms with Crippen molar-refractivity contribution >= 4 is 49.4 Å². The molecule has 0 spiro atoms. The maximum Gasteiger partial charge on any atom is 0.241 e. The van der Waals surface area contributed by atoms with Gasteiger partial charge < -0.3 is 10.2 Å². The second kappa shape index (κ2) is 8.85. The van der Waals surface area contributed by atoms with E-state index in [0.29, 0.717) is 5.91 Å². The third-order valence-corrected chi connectivity index (χ3v) is 6.56. The fourth-order valence-electron chi connectivity index (χ4n) is 3.72. The number of hydrogen-bond donors (Lipinski definition) is 1. The highest BCUT2D eigenvalue weighted by atomic mass is 79.9. The molecule has 26 heavy (non-hydrogen) atoms. The molecule has 1 aromatic rings. The fraction of sp³-hybridized carbons (Fsp3) is 0.579. The van der Waals surface area contributed by atoms with Gasteiger partial charge in [-0.25, -0.2) is 0 Å². The highest BCUT2D eigenvalue weighted by molar-refractivity contribution is 9.11. The number of piperidine rings is 1. The van der Waals surface area contributed by atoms with Gasteiger partial charge in [0.2, 0.25) is 11.8 Å². The number of halogens is 2. The summed E-state index contributed by atoms with van der Waals surface area (Å²) in [7, 11) is 0. The molecule has 2 heterocycles. The highest BCUT2D eigenvalue weighted by Crippen LogP contribution is 2.27. The van der Waals surface area contributed by atoms with Crippen LogP contribution in [0.2, 0.25) is 0 Å². The van der Waals surface area contributed by atoms with Gasteiger partial charge in [0.25, 0.3) is 0 Å². The number of benzene rings is 1. The van der Waals surface area contributed by atoms with Crippen LogP contribution in [-0.4, -0.2) is 53.8 Å². The monoisotopic (exact) mass is 485 g/mol. The van der Waals surface area contributed by atoms with Gasteiger partial charge in [-0.1, -0.05) is 15.9 Å². The summed E-state index contributed by atoms with van der Waals surface area (Å²) < 4.78 is 1.81. The smallest absolute Gasteiger partial charge is 0.241 e. The van der Waals surface area contributed by atoms with Gasteiger partial charge >= 0.3 is 0 Å². The number of nitrogens with zero attached hydrogens (tertiary/aromatic N) is 2. The number of likely N-dealkylation sites (tertiary alicyclic amines) is 2. The number of hydrogen-bond acceptors (Lipinski definition) is 3. The van der Waals surface area contributed by atoms with E-state index in [2.05, 4.69) is 42.1 Å². The fourth-order valence-corrected chi connectivity index (χ4v) is 4.87. The third kappa shape index (κ3) is 4.67. The van der Waals surface area contributed by atoms with E-state index in [-0.39, 0.29) is 17.9 Å². The standard InChI is InChI=1S/C19H25Br2N3O2/c1-13(18(25)22-17-5-4-15(20)12-16(17)21)23-10-6-14(7-11-23)19(26)24-8-2-3-9-24/h4-5,12-14H,2-3,6-11H2,1H3,(H,22,25). The lowest BCUT2D eigenvalue weighted by Gasteiger charge is -2.36. The molecule has 1 atom stereocenters. The van der Waals surface area contributed by atoms with E-state index in [1.807, 2.05) is 30.0 Å². The van der Waals surface area contributed by atoms with E-state index in [0.717, 1.165) is 66.5 Å². The van der Waals surface area contributed by atoms with Gasteiger partial charge in [-0.05, 0) is 79.8 Å². The Morgan fingerprint density at radius 2 is 1.77 bits per heavy atom. The summed E-state index contributed by atoms with van der Waals surface area (Å²) in [5, 5.41) is 2.99. The molecule has 1 N–H and O–H groups in total. The summed E-state index contributed by atoms with van der Waals surface area (Å²) in [5.41, 5.74) is 0.768. The molecule has 5 nitrogen and oxygen atoms in total. The zero-order valence-electron chi connectivity index (χ0n) is 15.0. The molecule has 1 aromatic carbocycles. The summed E-state index contributed by atoms with van der Waals surface area (Å²) >= 11 is 6.89. The van der Waals surface area contributed by atoms with Crippen LogP contribution in [0.1, 0.15) is 32.6 Å². The van der Waals surface area contributed by atoms with Crippen molar-refractivity contribution in [1.82, 2.24) is 9.80 Å². The molecule has 2 fully saturated rings. The van der Waals surface area contributed by atoms with Crippen LogP contribution in [0, 0.1) is 5.92 Å². The Labute approximate surface area is 171 Å². The SMILES string of the molecule is CC(C(=O)Nc1ccc(Br)cc1Br)N1CCC(C(=O)N2CCCC2)CC1. The van der Waals surface area contributed by atoms with Crippen LogP contribution >= 0.6 is 31.9 Å². The van der Waals surface area contributed by atoms with E-state index >= 15 is 0 Å². The quantitative estimate of drug-likeness (QED) is 0.702. The zero-order chi connectivity index (χ0) is 18.7. The van der Waals surface area contributed by atoms with Crippen molar-refractivity contribution in [2.45, 2.75) is 38.6 Å². The molecular formula is C19H25Br2N3O2. The Bertz CT molecular complexity index is 669. The first kappa shape index (κ1) is 19.8. The maximum atomic E-state index is 12.6. The van der Waals surface area contributed by atoms with Crippen molar-refractivity contribution in [3.05, 3.63) is 27.1 Å². The van der Waals surface area contributed by atoms with E-state index in [4.69, 9.17) is 0 Å². The Balaban J connectivity index is 1.51. The number of carbonyl (C=O) groups excluding carboxylic acids is 2. The molecule has 0 aliphatic carbocycles. The number of anilines is 1. The lowest BCUT2D eigenvalue weighted by molar-refractivity contribution is -0.136. The van der Waals surface area contributed by atoms with Crippen LogP contribution in [0.3, 0.4) is 0 Å². The molecule has 2 saturated heterocycles. The van der Waals surface area contributed by atoms with Gasteiger partial charge in [-0.15, -0.1) is 0 Å². The average Bonchev–Trinajstić information content (AvgIpc) is 3.17. The Hall–Kier alpha value is -0.920. The summed E-state index contributed by atoms with van der Waals surface area (Å²) in [5.74, 6) is 0.426. The van der Waals surface area contributed by atoms with Crippen LogP contribution in [0.4, 0.5) is 5.69 Å². The van der Waals surface area contributed by atoms with Crippen molar-refractivity contribution in [1.29, 1.82) is 0 Å². The van der Waals surface area contributed by atoms with Crippen molar-refractivity contribution in [3.8, 4) is 0 Å². The van der Waals surface area contributed by atoms with E-state index in [1.54, 1.807) is 0 Å². The summed E-state index contributed by atoms with van der Waals surface area (Å²) in [6.07, 6.45) is 3.95. The van der Waals surface area contributed by atoms with Crippen LogP contribution in [0.25, 0.3) is 0 Å². The molecule has 2 amide bonds. The zero-order valence-corrected chi connectivity index (χ0v) is 18.2. The van der Waals surface area contributed by atoms with E-state index in [9.17, 15) is 9.59 Å². The van der Waals surface area contributed by atoms with Gasteiger partial charge in [0.15, 0.2) is 0 Å². The molecule has 0 bridgehead atoms. The maximum absolute atomic E-state index is 12.6. The molecule has 0 radical (unpaired) electrons.